The number of hydrogen-bond acceptors (Lipinski definition) is 1. The first-order valence-corrected chi connectivity index (χ1v) is 5.38. The molecule has 0 bridgehead atoms. The van der Waals surface area contributed by atoms with Crippen molar-refractivity contribution in [3.05, 3.63) is 12.0 Å². The molecule has 0 radical (unpaired) electrons. The Bertz CT molecular complexity index is 205. The van der Waals surface area contributed by atoms with Crippen LogP contribution in [0.1, 0.15) is 27.7 Å². The molecule has 0 aromatic heterocycles. The summed E-state index contributed by atoms with van der Waals surface area (Å²) in [7, 11) is 0. The summed E-state index contributed by atoms with van der Waals surface area (Å²) >= 11 is 0. The maximum absolute atomic E-state index is 13.4. The lowest BCUT2D eigenvalue weighted by atomic mass is 10.5. The van der Waals surface area contributed by atoms with Gasteiger partial charge in [-0.25, -0.2) is 4.58 Å². The number of halogens is 2. The zero-order chi connectivity index (χ0) is 11.0. The predicted octanol–water partition coefficient (Wildman–Crippen LogP) is -0.734. The summed E-state index contributed by atoms with van der Waals surface area (Å²) in [4.78, 5) is 1.94. The standard InChI is InChI=1S/C11H22FN2.HI/c1-5-13(6-2)9-11(12)10-14(7-3)8-4;/h9-10H,5-8H2,1-4H3;1H/q+1;/p-1. The second-order valence-corrected chi connectivity index (χ2v) is 3.09. The largest absolute Gasteiger partial charge is 1.00 e. The van der Waals surface area contributed by atoms with E-state index in [1.54, 1.807) is 12.4 Å². The second kappa shape index (κ2) is 10.4. The van der Waals surface area contributed by atoms with Gasteiger partial charge in [-0.2, -0.15) is 4.39 Å². The minimum absolute atomic E-state index is 0. The van der Waals surface area contributed by atoms with E-state index in [1.165, 1.54) is 0 Å². The summed E-state index contributed by atoms with van der Waals surface area (Å²) < 4.78 is 15.3. The van der Waals surface area contributed by atoms with E-state index in [4.69, 9.17) is 0 Å². The number of hydrogen-bond donors (Lipinski definition) is 0. The Balaban J connectivity index is 0. The number of allylic oxidation sites excluding steroid dienone is 1. The molecule has 0 unspecified atom stereocenters. The molecule has 0 atom stereocenters. The van der Waals surface area contributed by atoms with Gasteiger partial charge in [0.2, 0.25) is 12.0 Å². The Kier molecular flexibility index (Phi) is 12.0. The van der Waals surface area contributed by atoms with Crippen molar-refractivity contribution >= 4 is 6.21 Å². The molecule has 4 heteroatoms. The zero-order valence-electron chi connectivity index (χ0n) is 10.1. The van der Waals surface area contributed by atoms with E-state index in [0.717, 1.165) is 26.2 Å². The minimum atomic E-state index is -0.169. The maximum atomic E-state index is 13.4. The molecule has 0 spiro atoms. The van der Waals surface area contributed by atoms with Crippen LogP contribution < -0.4 is 24.0 Å². The van der Waals surface area contributed by atoms with Crippen molar-refractivity contribution < 1.29 is 32.9 Å². The van der Waals surface area contributed by atoms with Gasteiger partial charge in [0, 0.05) is 19.3 Å². The van der Waals surface area contributed by atoms with Crippen molar-refractivity contribution in [2.24, 2.45) is 0 Å². The fraction of sp³-hybridized carbons (Fsp3) is 0.727. The Hall–Kier alpha value is -0.130. The Labute approximate surface area is 110 Å². The summed E-state index contributed by atoms with van der Waals surface area (Å²) in [6.45, 7) is 11.4. The number of nitrogens with zero attached hydrogens (tertiary/aromatic N) is 2. The summed E-state index contributed by atoms with van der Waals surface area (Å²) in [6, 6.07) is 0. The molecule has 0 aliphatic rings. The molecule has 0 amide bonds. The number of rotatable bonds is 6. The minimum Gasteiger partial charge on any atom is -1.00 e. The van der Waals surface area contributed by atoms with E-state index in [-0.39, 0.29) is 29.8 Å². The third-order valence-corrected chi connectivity index (χ3v) is 2.24. The Morgan fingerprint density at radius 3 is 1.93 bits per heavy atom. The van der Waals surface area contributed by atoms with Gasteiger partial charge in [-0.05, 0) is 27.7 Å². The van der Waals surface area contributed by atoms with Gasteiger partial charge < -0.3 is 28.9 Å². The molecule has 90 valence electrons. The molecule has 2 nitrogen and oxygen atoms in total. The molecule has 0 N–H and O–H groups in total. The first kappa shape index (κ1) is 17.3. The molecule has 0 aromatic rings. The van der Waals surface area contributed by atoms with Crippen LogP contribution in [0.2, 0.25) is 0 Å². The summed E-state index contributed by atoms with van der Waals surface area (Å²) in [5.74, 6) is -0.169. The lowest BCUT2D eigenvalue weighted by Crippen LogP contribution is -3.00. The second-order valence-electron chi connectivity index (χ2n) is 3.09. The molecule has 0 aromatic carbocycles. The third kappa shape index (κ3) is 7.76. The Morgan fingerprint density at radius 2 is 1.60 bits per heavy atom. The van der Waals surface area contributed by atoms with Crippen LogP contribution in [-0.2, 0) is 0 Å². The molecular formula is C11H22FIN2. The molecule has 0 saturated heterocycles. The lowest BCUT2D eigenvalue weighted by Gasteiger charge is -2.13. The van der Waals surface area contributed by atoms with Crippen LogP contribution in [0.25, 0.3) is 0 Å². The van der Waals surface area contributed by atoms with E-state index < -0.39 is 0 Å². The van der Waals surface area contributed by atoms with Gasteiger partial charge in [0.05, 0.1) is 0 Å². The van der Waals surface area contributed by atoms with Crippen molar-refractivity contribution in [3.63, 3.8) is 0 Å². The molecule has 0 fully saturated rings. The normalized spacial score (nSPS) is 10.6. The van der Waals surface area contributed by atoms with Gasteiger partial charge in [0.25, 0.3) is 0 Å². The SMILES string of the molecule is CCN(/C=C(\F)C=[N+](CC)CC)CC.[I-]. The van der Waals surface area contributed by atoms with Crippen LogP contribution in [0.3, 0.4) is 0 Å². The van der Waals surface area contributed by atoms with Crippen LogP contribution >= 0.6 is 0 Å². The monoisotopic (exact) mass is 328 g/mol. The Morgan fingerprint density at radius 1 is 1.13 bits per heavy atom. The first-order valence-electron chi connectivity index (χ1n) is 5.38. The average Bonchev–Trinajstić information content (AvgIpc) is 2.22. The lowest BCUT2D eigenvalue weighted by molar-refractivity contribution is -0.516. The molecule has 0 saturated carbocycles. The van der Waals surface area contributed by atoms with Crippen molar-refractivity contribution in [1.29, 1.82) is 0 Å². The summed E-state index contributed by atoms with van der Waals surface area (Å²) in [5, 5.41) is 0. The molecule has 0 aliphatic heterocycles. The van der Waals surface area contributed by atoms with Crippen LogP contribution in [0, 0.1) is 0 Å². The smallest absolute Gasteiger partial charge is 0.201 e. The van der Waals surface area contributed by atoms with E-state index >= 15 is 0 Å². The fourth-order valence-electron chi connectivity index (χ4n) is 1.19. The highest BCUT2D eigenvalue weighted by Crippen LogP contribution is 1.97. The molecule has 0 rings (SSSR count). The van der Waals surface area contributed by atoms with Gasteiger partial charge in [-0.3, -0.25) is 0 Å². The van der Waals surface area contributed by atoms with Crippen LogP contribution in [0.4, 0.5) is 4.39 Å². The quantitative estimate of drug-likeness (QED) is 0.354. The van der Waals surface area contributed by atoms with Gasteiger partial charge >= 0.3 is 0 Å². The van der Waals surface area contributed by atoms with Gasteiger partial charge in [-0.15, -0.1) is 0 Å². The molecule has 15 heavy (non-hydrogen) atoms. The van der Waals surface area contributed by atoms with Crippen LogP contribution in [-0.4, -0.2) is 41.9 Å². The van der Waals surface area contributed by atoms with Crippen molar-refractivity contribution in [3.8, 4) is 0 Å². The first-order chi connectivity index (χ1) is 6.67. The predicted molar refractivity (Wildman–Crippen MR) is 59.5 cm³/mol. The van der Waals surface area contributed by atoms with Gasteiger partial charge in [0.1, 0.15) is 13.1 Å². The zero-order valence-corrected chi connectivity index (χ0v) is 12.3. The van der Waals surface area contributed by atoms with E-state index in [2.05, 4.69) is 0 Å². The molecule has 0 heterocycles. The van der Waals surface area contributed by atoms with Crippen LogP contribution in [0.15, 0.2) is 12.0 Å². The van der Waals surface area contributed by atoms with Crippen molar-refractivity contribution in [2.45, 2.75) is 27.7 Å². The van der Waals surface area contributed by atoms with E-state index in [0.29, 0.717) is 0 Å². The van der Waals surface area contributed by atoms with Crippen molar-refractivity contribution in [2.75, 3.05) is 26.2 Å². The highest BCUT2D eigenvalue weighted by molar-refractivity contribution is 5.70. The average molecular weight is 328 g/mol. The van der Waals surface area contributed by atoms with E-state index in [1.807, 2.05) is 37.2 Å². The van der Waals surface area contributed by atoms with E-state index in [9.17, 15) is 4.39 Å². The van der Waals surface area contributed by atoms with Crippen LogP contribution in [0.5, 0.6) is 0 Å². The van der Waals surface area contributed by atoms with Crippen molar-refractivity contribution in [1.82, 2.24) is 4.90 Å². The van der Waals surface area contributed by atoms with Gasteiger partial charge in [-0.1, -0.05) is 0 Å². The highest BCUT2D eigenvalue weighted by Gasteiger charge is 2.01. The van der Waals surface area contributed by atoms with Gasteiger partial charge in [0.15, 0.2) is 0 Å². The maximum Gasteiger partial charge on any atom is 0.201 e. The topological polar surface area (TPSA) is 6.25 Å². The molecular weight excluding hydrogens is 306 g/mol. The fourth-order valence-corrected chi connectivity index (χ4v) is 1.19. The third-order valence-electron chi connectivity index (χ3n) is 2.24. The molecule has 0 aliphatic carbocycles. The summed E-state index contributed by atoms with van der Waals surface area (Å²) in [5.41, 5.74) is 0. The summed E-state index contributed by atoms with van der Waals surface area (Å²) in [6.07, 6.45) is 3.14. The highest BCUT2D eigenvalue weighted by atomic mass is 127.